The minimum atomic E-state index is -11.2. The van der Waals surface area contributed by atoms with Crippen LogP contribution in [0.2, 0.25) is 0 Å². The number of rotatable bonds is 0. The van der Waals surface area contributed by atoms with Gasteiger partial charge in [-0.05, 0) is 0 Å². The molecule has 0 rings (SSSR count). The SMILES string of the molecule is [F][Ti-2]([F])([F])([F])([F])[F].[Li+].[Li+]. The molecular weight excluding hydrogens is 176 g/mol. The zero-order chi connectivity index (χ0) is 6.41. The molecule has 0 unspecified atom stereocenters. The first-order chi connectivity index (χ1) is 2.45. The van der Waals surface area contributed by atoms with Gasteiger partial charge in [0, 0.05) is 0 Å². The van der Waals surface area contributed by atoms with Crippen LogP contribution in [0.3, 0.4) is 0 Å². The summed E-state index contributed by atoms with van der Waals surface area (Å²) in [6, 6.07) is 0. The van der Waals surface area contributed by atoms with E-state index in [4.69, 9.17) is 0 Å². The molecule has 0 aromatic rings. The maximum Gasteiger partial charge on any atom is 1.00 e. The van der Waals surface area contributed by atoms with Gasteiger partial charge >= 0.3 is 73.5 Å². The Balaban J connectivity index is -0.000000180. The van der Waals surface area contributed by atoms with Crippen LogP contribution in [-0.2, 0) is 17.2 Å². The van der Waals surface area contributed by atoms with Crippen molar-refractivity contribution in [1.82, 2.24) is 0 Å². The molecule has 0 fully saturated rings. The number of halogens is 6. The van der Waals surface area contributed by atoms with Crippen molar-refractivity contribution in [1.29, 1.82) is 0 Å². The Morgan fingerprint density at radius 1 is 0.556 bits per heavy atom. The van der Waals surface area contributed by atoms with Gasteiger partial charge in [-0.2, -0.15) is 0 Å². The van der Waals surface area contributed by atoms with Crippen LogP contribution in [0.4, 0.5) is 18.6 Å². The van der Waals surface area contributed by atoms with Gasteiger partial charge in [0.25, 0.3) is 0 Å². The fourth-order valence-corrected chi connectivity index (χ4v) is 0. The Morgan fingerprint density at radius 2 is 0.556 bits per heavy atom. The Kier molecular flexibility index (Phi) is 4.71. The second-order valence-corrected chi connectivity index (χ2v) is 4.42. The minimum absolute atomic E-state index is 0. The van der Waals surface area contributed by atoms with Crippen LogP contribution in [0.5, 0.6) is 0 Å². The van der Waals surface area contributed by atoms with E-state index in [0.717, 1.165) is 0 Å². The predicted molar refractivity (Wildman–Crippen MR) is 6.65 cm³/mol. The van der Waals surface area contributed by atoms with Crippen molar-refractivity contribution in [2.45, 2.75) is 0 Å². The summed E-state index contributed by atoms with van der Waals surface area (Å²) in [6.45, 7) is 0. The van der Waals surface area contributed by atoms with Gasteiger partial charge in [-0.1, -0.05) is 0 Å². The van der Waals surface area contributed by atoms with Gasteiger partial charge in [0.15, 0.2) is 0 Å². The first kappa shape index (κ1) is 16.8. The van der Waals surface area contributed by atoms with Crippen LogP contribution in [-0.4, -0.2) is 0 Å². The molecule has 0 nitrogen and oxygen atoms in total. The topological polar surface area (TPSA) is 0 Å². The van der Waals surface area contributed by atoms with Gasteiger partial charge in [0.1, 0.15) is 0 Å². The average molecular weight is 176 g/mol. The Bertz CT molecular complexity index is 69.6. The molecule has 0 bridgehead atoms. The van der Waals surface area contributed by atoms with Crippen molar-refractivity contribution in [3.05, 3.63) is 0 Å². The molecule has 0 amide bonds. The average Bonchev–Trinajstić information content (AvgIpc) is 0.592. The smallest absolute Gasteiger partial charge is 1.00 e. The van der Waals surface area contributed by atoms with E-state index < -0.39 is 17.2 Å². The quantitative estimate of drug-likeness (QED) is 0.265. The van der Waals surface area contributed by atoms with E-state index in [1.165, 1.54) is 0 Å². The summed E-state index contributed by atoms with van der Waals surface area (Å²) in [6.07, 6.45) is 0. The van der Waals surface area contributed by atoms with Gasteiger partial charge in [0.2, 0.25) is 0 Å². The second-order valence-electron chi connectivity index (χ2n) is 1.07. The summed E-state index contributed by atoms with van der Waals surface area (Å²) >= 11 is -11.2. The van der Waals surface area contributed by atoms with Crippen molar-refractivity contribution in [2.24, 2.45) is 0 Å². The molecule has 48 valence electrons. The largest absolute Gasteiger partial charge is 1.00 e. The first-order valence-electron chi connectivity index (χ1n) is 1.13. The summed E-state index contributed by atoms with van der Waals surface area (Å²) < 4.78 is 59.5. The van der Waals surface area contributed by atoms with Gasteiger partial charge in [-0.25, -0.2) is 0 Å². The van der Waals surface area contributed by atoms with Gasteiger partial charge in [-0.3, -0.25) is 0 Å². The first-order valence-corrected chi connectivity index (χ1v) is 4.68. The maximum absolute atomic E-state index is 11.2. The zero-order valence-electron chi connectivity index (χ0n) is 4.77. The van der Waals surface area contributed by atoms with Gasteiger partial charge < -0.3 is 0 Å². The maximum atomic E-state index is 9.92. The van der Waals surface area contributed by atoms with Crippen LogP contribution < -0.4 is 37.7 Å². The molecule has 0 radical (unpaired) electrons. The molecule has 0 saturated heterocycles. The number of hydrogen-bond donors (Lipinski definition) is 0. The predicted octanol–water partition coefficient (Wildman–Crippen LogP) is -3.47. The molecule has 0 aliphatic carbocycles. The third kappa shape index (κ3) is 240. The zero-order valence-corrected chi connectivity index (χ0v) is 6.33. The Morgan fingerprint density at radius 3 is 0.556 bits per heavy atom. The van der Waals surface area contributed by atoms with Crippen molar-refractivity contribution < 1.29 is 73.5 Å². The van der Waals surface area contributed by atoms with Crippen molar-refractivity contribution in [3.63, 3.8) is 0 Å². The van der Waals surface area contributed by atoms with Crippen LogP contribution >= 0.6 is 0 Å². The molecule has 0 aromatic carbocycles. The molecule has 0 spiro atoms. The normalized spacial score (nSPS) is 18.0. The molecule has 9 heavy (non-hydrogen) atoms. The molecule has 9 heteroatoms. The Hall–Kier alpha value is 1.49. The van der Waals surface area contributed by atoms with Crippen LogP contribution in [0, 0.1) is 0 Å². The molecule has 0 aromatic heterocycles. The minimum Gasteiger partial charge on any atom is 1.00 e. The molecule has 0 aliphatic heterocycles. The molecular formula is F6Li2Ti. The molecule has 0 heterocycles. The summed E-state index contributed by atoms with van der Waals surface area (Å²) in [7, 11) is 0. The molecule has 0 saturated carbocycles. The van der Waals surface area contributed by atoms with E-state index in [9.17, 15) is 18.6 Å². The summed E-state index contributed by atoms with van der Waals surface area (Å²) in [4.78, 5) is 0. The van der Waals surface area contributed by atoms with E-state index in [-0.39, 0.29) is 37.7 Å². The third-order valence-electron chi connectivity index (χ3n) is 0. The third-order valence-corrected chi connectivity index (χ3v) is 0. The van der Waals surface area contributed by atoms with E-state index >= 15 is 0 Å². The van der Waals surface area contributed by atoms with Crippen LogP contribution in [0.15, 0.2) is 0 Å². The molecule has 0 atom stereocenters. The van der Waals surface area contributed by atoms with E-state index in [0.29, 0.717) is 0 Å². The van der Waals surface area contributed by atoms with Crippen LogP contribution in [0.1, 0.15) is 0 Å². The second kappa shape index (κ2) is 2.52. The van der Waals surface area contributed by atoms with E-state index in [1.54, 1.807) is 0 Å². The van der Waals surface area contributed by atoms with Crippen LogP contribution in [0.25, 0.3) is 0 Å². The monoisotopic (exact) mass is 176 g/mol. The van der Waals surface area contributed by atoms with Crippen molar-refractivity contribution in [3.8, 4) is 0 Å². The molecule has 0 N–H and O–H groups in total. The Labute approximate surface area is 73.2 Å². The standard InChI is InChI=1S/6FH.2Li.Ti/h6*1H;;;/q;;;;;;2*+1;+4/p-6. The number of hydrogen-bond acceptors (Lipinski definition) is 0. The summed E-state index contributed by atoms with van der Waals surface area (Å²) in [5.74, 6) is 0. The van der Waals surface area contributed by atoms with Crippen molar-refractivity contribution >= 4 is 0 Å². The van der Waals surface area contributed by atoms with E-state index in [2.05, 4.69) is 0 Å². The fraction of sp³-hybridized carbons (Fsp3) is 0. The van der Waals surface area contributed by atoms with Gasteiger partial charge in [0.05, 0.1) is 0 Å². The summed E-state index contributed by atoms with van der Waals surface area (Å²) in [5.41, 5.74) is 0. The van der Waals surface area contributed by atoms with Crippen molar-refractivity contribution in [2.75, 3.05) is 0 Å². The van der Waals surface area contributed by atoms with E-state index in [1.807, 2.05) is 0 Å². The summed E-state index contributed by atoms with van der Waals surface area (Å²) in [5, 5.41) is 0. The van der Waals surface area contributed by atoms with Gasteiger partial charge in [-0.15, -0.1) is 0 Å². The molecule has 0 aliphatic rings. The fourth-order valence-electron chi connectivity index (χ4n) is 0.